The molecule has 20 heavy (non-hydrogen) atoms. The molecule has 0 amide bonds. The molecule has 1 aliphatic rings. The third-order valence-corrected chi connectivity index (χ3v) is 5.68. The van der Waals surface area contributed by atoms with Gasteiger partial charge in [0, 0.05) is 17.4 Å². The lowest BCUT2D eigenvalue weighted by Gasteiger charge is -2.31. The first-order chi connectivity index (χ1) is 9.74. The Kier molecular flexibility index (Phi) is 4.08. The first-order valence-corrected chi connectivity index (χ1v) is 8.75. The number of hydrogen-bond donors (Lipinski definition) is 1. The Labute approximate surface area is 128 Å². The molecule has 1 aromatic heterocycles. The second kappa shape index (κ2) is 5.82. The summed E-state index contributed by atoms with van der Waals surface area (Å²) in [6.45, 7) is 0. The van der Waals surface area contributed by atoms with E-state index in [1.54, 1.807) is 7.11 Å². The van der Waals surface area contributed by atoms with Gasteiger partial charge in [0.1, 0.15) is 5.75 Å². The number of imidazole rings is 1. The Morgan fingerprint density at radius 2 is 2.15 bits per heavy atom. The van der Waals surface area contributed by atoms with Gasteiger partial charge in [0.05, 0.1) is 18.1 Å². The summed E-state index contributed by atoms with van der Waals surface area (Å²) in [6, 6.07) is 6.61. The lowest BCUT2D eigenvalue weighted by molar-refractivity contribution is 0.368. The van der Waals surface area contributed by atoms with Crippen LogP contribution >= 0.6 is 24.0 Å². The van der Waals surface area contributed by atoms with E-state index in [1.807, 2.05) is 17.8 Å². The third-order valence-electron chi connectivity index (χ3n) is 4.23. The summed E-state index contributed by atoms with van der Waals surface area (Å²) in [5.74, 6) is 0.886. The number of methoxy groups -OCH3 is 1. The van der Waals surface area contributed by atoms with Crippen LogP contribution in [0.5, 0.6) is 5.75 Å². The first-order valence-electron chi connectivity index (χ1n) is 7.05. The normalized spacial score (nSPS) is 23.1. The molecule has 0 saturated heterocycles. The van der Waals surface area contributed by atoms with Gasteiger partial charge in [-0.3, -0.25) is 0 Å². The SMILES string of the molecule is COc1ccc2[nH]c(=S)n(C3CCCCC3SC)c2c1. The van der Waals surface area contributed by atoms with E-state index in [1.165, 1.54) is 31.2 Å². The molecule has 2 atom stereocenters. The minimum absolute atomic E-state index is 0.493. The van der Waals surface area contributed by atoms with Gasteiger partial charge in [-0.1, -0.05) is 12.8 Å². The topological polar surface area (TPSA) is 29.9 Å². The Morgan fingerprint density at radius 1 is 1.35 bits per heavy atom. The fraction of sp³-hybridized carbons (Fsp3) is 0.533. The van der Waals surface area contributed by atoms with Gasteiger partial charge < -0.3 is 14.3 Å². The highest BCUT2D eigenvalue weighted by Gasteiger charge is 2.27. The molecule has 1 aliphatic carbocycles. The van der Waals surface area contributed by atoms with Crippen LogP contribution in [0.25, 0.3) is 11.0 Å². The van der Waals surface area contributed by atoms with Gasteiger partial charge in [-0.05, 0) is 43.4 Å². The summed E-state index contributed by atoms with van der Waals surface area (Å²) in [5.41, 5.74) is 2.27. The summed E-state index contributed by atoms with van der Waals surface area (Å²) in [6.07, 6.45) is 7.33. The van der Waals surface area contributed by atoms with E-state index in [0.717, 1.165) is 16.0 Å². The molecule has 1 saturated carbocycles. The van der Waals surface area contributed by atoms with Gasteiger partial charge in [-0.15, -0.1) is 0 Å². The molecule has 1 fully saturated rings. The average Bonchev–Trinajstić information content (AvgIpc) is 2.81. The van der Waals surface area contributed by atoms with E-state index in [9.17, 15) is 0 Å². The third kappa shape index (κ3) is 2.37. The largest absolute Gasteiger partial charge is 0.497 e. The van der Waals surface area contributed by atoms with Gasteiger partial charge in [-0.2, -0.15) is 11.8 Å². The van der Waals surface area contributed by atoms with E-state index in [0.29, 0.717) is 11.3 Å². The molecule has 0 bridgehead atoms. The van der Waals surface area contributed by atoms with Crippen molar-refractivity contribution in [3.05, 3.63) is 23.0 Å². The maximum Gasteiger partial charge on any atom is 0.178 e. The van der Waals surface area contributed by atoms with Crippen LogP contribution in [-0.2, 0) is 0 Å². The van der Waals surface area contributed by atoms with E-state index in [2.05, 4.69) is 27.9 Å². The average molecular weight is 308 g/mol. The van der Waals surface area contributed by atoms with Crippen LogP contribution in [0.1, 0.15) is 31.7 Å². The second-order valence-electron chi connectivity index (χ2n) is 5.31. The summed E-state index contributed by atoms with van der Waals surface area (Å²) in [7, 11) is 1.71. The molecule has 3 nitrogen and oxygen atoms in total. The lowest BCUT2D eigenvalue weighted by atomic mass is 9.94. The van der Waals surface area contributed by atoms with E-state index in [-0.39, 0.29) is 0 Å². The maximum atomic E-state index is 5.57. The number of nitrogens with zero attached hydrogens (tertiary/aromatic N) is 1. The molecule has 5 heteroatoms. The van der Waals surface area contributed by atoms with E-state index >= 15 is 0 Å². The van der Waals surface area contributed by atoms with Crippen molar-refractivity contribution < 1.29 is 4.74 Å². The molecule has 1 N–H and O–H groups in total. The second-order valence-corrected chi connectivity index (χ2v) is 6.77. The lowest BCUT2D eigenvalue weighted by Crippen LogP contribution is -2.25. The Hall–Kier alpha value is -0.940. The predicted octanol–water partition coefficient (Wildman–Crippen LogP) is 4.55. The molecule has 0 radical (unpaired) electrons. The number of thioether (sulfide) groups is 1. The smallest absolute Gasteiger partial charge is 0.178 e. The van der Waals surface area contributed by atoms with Crippen molar-refractivity contribution in [3.8, 4) is 5.75 Å². The number of benzene rings is 1. The number of ether oxygens (including phenoxy) is 1. The van der Waals surface area contributed by atoms with Crippen LogP contribution in [0.4, 0.5) is 0 Å². The fourth-order valence-electron chi connectivity index (χ4n) is 3.21. The molecule has 1 heterocycles. The number of rotatable bonds is 3. The quantitative estimate of drug-likeness (QED) is 0.843. The number of aromatic amines is 1. The minimum atomic E-state index is 0.493. The Bertz CT molecular complexity index is 661. The van der Waals surface area contributed by atoms with Crippen LogP contribution in [0.2, 0.25) is 0 Å². The summed E-state index contributed by atoms with van der Waals surface area (Å²) >= 11 is 7.54. The highest BCUT2D eigenvalue weighted by atomic mass is 32.2. The number of nitrogens with one attached hydrogen (secondary N) is 1. The predicted molar refractivity (Wildman–Crippen MR) is 88.5 cm³/mol. The van der Waals surface area contributed by atoms with E-state index < -0.39 is 0 Å². The van der Waals surface area contributed by atoms with Crippen molar-refractivity contribution in [2.45, 2.75) is 37.0 Å². The highest BCUT2D eigenvalue weighted by molar-refractivity contribution is 7.99. The van der Waals surface area contributed by atoms with Crippen molar-refractivity contribution in [2.75, 3.05) is 13.4 Å². The summed E-state index contributed by atoms with van der Waals surface area (Å²) in [5, 5.41) is 0.653. The van der Waals surface area contributed by atoms with Crippen LogP contribution in [-0.4, -0.2) is 28.2 Å². The zero-order chi connectivity index (χ0) is 14.1. The van der Waals surface area contributed by atoms with Crippen molar-refractivity contribution in [3.63, 3.8) is 0 Å². The molecule has 2 aromatic rings. The van der Waals surface area contributed by atoms with Gasteiger partial charge in [-0.25, -0.2) is 0 Å². The van der Waals surface area contributed by atoms with Crippen molar-refractivity contribution >= 4 is 35.0 Å². The molecule has 2 unspecified atom stereocenters. The van der Waals surface area contributed by atoms with Crippen LogP contribution in [0.15, 0.2) is 18.2 Å². The molecule has 108 valence electrons. The molecule has 0 spiro atoms. The van der Waals surface area contributed by atoms with Crippen molar-refractivity contribution in [2.24, 2.45) is 0 Å². The van der Waals surface area contributed by atoms with Gasteiger partial charge >= 0.3 is 0 Å². The molecule has 3 rings (SSSR count). The number of fused-ring (bicyclic) bond motifs is 1. The van der Waals surface area contributed by atoms with Gasteiger partial charge in [0.2, 0.25) is 0 Å². The molecular weight excluding hydrogens is 288 g/mol. The van der Waals surface area contributed by atoms with E-state index in [4.69, 9.17) is 17.0 Å². The van der Waals surface area contributed by atoms with Crippen molar-refractivity contribution in [1.29, 1.82) is 0 Å². The van der Waals surface area contributed by atoms with Gasteiger partial charge in [0.15, 0.2) is 4.77 Å². The molecule has 0 aliphatic heterocycles. The van der Waals surface area contributed by atoms with Crippen LogP contribution in [0.3, 0.4) is 0 Å². The Morgan fingerprint density at radius 3 is 2.90 bits per heavy atom. The minimum Gasteiger partial charge on any atom is -0.497 e. The zero-order valence-electron chi connectivity index (χ0n) is 11.9. The standard InChI is InChI=1S/C15H20N2OS2/c1-18-10-7-8-11-13(9-10)17(15(19)16-11)12-5-3-4-6-14(12)20-2/h7-9,12,14H,3-6H2,1-2H3,(H,16,19). The fourth-order valence-corrected chi connectivity index (χ4v) is 4.52. The Balaban J connectivity index is 2.13. The number of H-pyrrole nitrogens is 1. The molecule has 1 aromatic carbocycles. The first kappa shape index (κ1) is 14.0. The highest BCUT2D eigenvalue weighted by Crippen LogP contribution is 2.38. The summed E-state index contributed by atoms with van der Waals surface area (Å²) < 4.78 is 8.51. The van der Waals surface area contributed by atoms with Crippen LogP contribution in [0, 0.1) is 4.77 Å². The van der Waals surface area contributed by atoms with Crippen LogP contribution < -0.4 is 4.74 Å². The van der Waals surface area contributed by atoms with Gasteiger partial charge in [0.25, 0.3) is 0 Å². The zero-order valence-corrected chi connectivity index (χ0v) is 13.5. The number of hydrogen-bond acceptors (Lipinski definition) is 3. The molecular formula is C15H20N2OS2. The van der Waals surface area contributed by atoms with Crippen molar-refractivity contribution in [1.82, 2.24) is 9.55 Å². The monoisotopic (exact) mass is 308 g/mol. The number of aromatic nitrogens is 2. The maximum absolute atomic E-state index is 5.57. The summed E-state index contributed by atoms with van der Waals surface area (Å²) in [4.78, 5) is 3.33.